The summed E-state index contributed by atoms with van der Waals surface area (Å²) in [5, 5.41) is 6.19. The Bertz CT molecular complexity index is 907. The van der Waals surface area contributed by atoms with Crippen LogP contribution in [0.4, 0.5) is 17.1 Å². The average molecular weight is 396 g/mol. The number of pyridine rings is 1. The van der Waals surface area contributed by atoms with Gasteiger partial charge in [-0.05, 0) is 55.8 Å². The van der Waals surface area contributed by atoms with Crippen LogP contribution in [0, 0.1) is 13.8 Å². The van der Waals surface area contributed by atoms with E-state index < -0.39 is 0 Å². The van der Waals surface area contributed by atoms with E-state index in [0.29, 0.717) is 5.56 Å². The number of carbonyl (C=O) groups is 1. The van der Waals surface area contributed by atoms with Crippen molar-refractivity contribution in [2.75, 3.05) is 10.6 Å². The molecule has 0 spiro atoms. The fourth-order valence-electron chi connectivity index (χ4n) is 2.48. The van der Waals surface area contributed by atoms with E-state index in [2.05, 4.69) is 44.5 Å². The van der Waals surface area contributed by atoms with Gasteiger partial charge in [0, 0.05) is 22.0 Å². The van der Waals surface area contributed by atoms with Gasteiger partial charge in [0.2, 0.25) is 0 Å². The fraction of sp³-hybridized carbons (Fsp3) is 0.100. The second kappa shape index (κ2) is 7.49. The molecule has 0 saturated heterocycles. The van der Waals surface area contributed by atoms with Crippen molar-refractivity contribution < 1.29 is 4.79 Å². The van der Waals surface area contributed by atoms with E-state index in [9.17, 15) is 4.79 Å². The molecule has 2 aromatic carbocycles. The van der Waals surface area contributed by atoms with Crippen molar-refractivity contribution in [3.63, 3.8) is 0 Å². The van der Waals surface area contributed by atoms with Gasteiger partial charge in [0.15, 0.2) is 0 Å². The summed E-state index contributed by atoms with van der Waals surface area (Å²) in [6, 6.07) is 15.4. The quantitative estimate of drug-likeness (QED) is 0.616. The van der Waals surface area contributed by atoms with Crippen LogP contribution in [0.1, 0.15) is 21.5 Å². The van der Waals surface area contributed by atoms with Gasteiger partial charge in [-0.2, -0.15) is 0 Å². The normalized spacial score (nSPS) is 10.4. The highest BCUT2D eigenvalue weighted by molar-refractivity contribution is 9.10. The number of carbonyl (C=O) groups excluding carboxylic acids is 1. The van der Waals surface area contributed by atoms with Crippen LogP contribution in [0.3, 0.4) is 0 Å². The first kappa shape index (κ1) is 17.2. The summed E-state index contributed by atoms with van der Waals surface area (Å²) >= 11 is 3.38. The number of amides is 1. The van der Waals surface area contributed by atoms with Crippen LogP contribution in [0.5, 0.6) is 0 Å². The van der Waals surface area contributed by atoms with Crippen LogP contribution >= 0.6 is 15.9 Å². The molecular weight excluding hydrogens is 378 g/mol. The summed E-state index contributed by atoms with van der Waals surface area (Å²) in [5.41, 5.74) is 5.36. The minimum Gasteiger partial charge on any atom is -0.354 e. The molecule has 0 atom stereocenters. The van der Waals surface area contributed by atoms with Crippen LogP contribution in [-0.4, -0.2) is 10.9 Å². The smallest absolute Gasteiger partial charge is 0.257 e. The minimum absolute atomic E-state index is 0.195. The van der Waals surface area contributed by atoms with E-state index in [1.807, 2.05) is 43.3 Å². The van der Waals surface area contributed by atoms with E-state index in [0.717, 1.165) is 27.1 Å². The Morgan fingerprint density at radius 3 is 2.44 bits per heavy atom. The van der Waals surface area contributed by atoms with Crippen LogP contribution in [0.15, 0.2) is 65.4 Å². The standard InChI is InChI=1S/C20H18BrN3O/c1-13-3-8-19(14(2)9-13)23-18-10-15(11-22-12-18)20(25)24-17-6-4-16(21)5-7-17/h3-12,23H,1-2H3,(H,24,25). The maximum absolute atomic E-state index is 12.4. The molecule has 1 amide bonds. The number of nitrogens with zero attached hydrogens (tertiary/aromatic N) is 1. The third-order valence-corrected chi connectivity index (χ3v) is 4.29. The molecule has 0 radical (unpaired) electrons. The maximum atomic E-state index is 12.4. The second-order valence-corrected chi connectivity index (χ2v) is 6.78. The first-order valence-electron chi connectivity index (χ1n) is 7.87. The molecule has 0 aliphatic rings. The van der Waals surface area contributed by atoms with Crippen molar-refractivity contribution in [3.05, 3.63) is 82.1 Å². The molecule has 0 saturated carbocycles. The first-order chi connectivity index (χ1) is 12.0. The van der Waals surface area contributed by atoms with Crippen LogP contribution in [0.2, 0.25) is 0 Å². The lowest BCUT2D eigenvalue weighted by Crippen LogP contribution is -2.12. The summed E-state index contributed by atoms with van der Waals surface area (Å²) in [4.78, 5) is 16.6. The van der Waals surface area contributed by atoms with Gasteiger partial charge in [-0.3, -0.25) is 9.78 Å². The fourth-order valence-corrected chi connectivity index (χ4v) is 2.74. The van der Waals surface area contributed by atoms with Crippen LogP contribution in [0.25, 0.3) is 0 Å². The monoisotopic (exact) mass is 395 g/mol. The number of rotatable bonds is 4. The van der Waals surface area contributed by atoms with Crippen molar-refractivity contribution in [3.8, 4) is 0 Å². The molecule has 0 unspecified atom stereocenters. The predicted octanol–water partition coefficient (Wildman–Crippen LogP) is 5.46. The van der Waals surface area contributed by atoms with Gasteiger partial charge in [0.05, 0.1) is 17.4 Å². The zero-order valence-electron chi connectivity index (χ0n) is 14.0. The van der Waals surface area contributed by atoms with E-state index in [4.69, 9.17) is 0 Å². The van der Waals surface area contributed by atoms with E-state index in [-0.39, 0.29) is 5.91 Å². The lowest BCUT2D eigenvalue weighted by Gasteiger charge is -2.11. The molecule has 1 aromatic heterocycles. The maximum Gasteiger partial charge on any atom is 0.257 e. The zero-order chi connectivity index (χ0) is 17.8. The van der Waals surface area contributed by atoms with Crippen LogP contribution < -0.4 is 10.6 Å². The number of nitrogens with one attached hydrogen (secondary N) is 2. The van der Waals surface area contributed by atoms with Crippen molar-refractivity contribution in [2.24, 2.45) is 0 Å². The third kappa shape index (κ3) is 4.45. The van der Waals surface area contributed by atoms with Gasteiger partial charge < -0.3 is 10.6 Å². The summed E-state index contributed by atoms with van der Waals surface area (Å²) in [6.45, 7) is 4.11. The molecule has 0 bridgehead atoms. The number of aryl methyl sites for hydroxylation is 2. The Morgan fingerprint density at radius 2 is 1.72 bits per heavy atom. The highest BCUT2D eigenvalue weighted by Crippen LogP contribution is 2.22. The summed E-state index contributed by atoms with van der Waals surface area (Å²) in [5.74, 6) is -0.195. The highest BCUT2D eigenvalue weighted by Gasteiger charge is 2.08. The lowest BCUT2D eigenvalue weighted by atomic mass is 10.1. The number of benzene rings is 2. The van der Waals surface area contributed by atoms with E-state index in [1.54, 1.807) is 18.5 Å². The molecule has 126 valence electrons. The molecule has 2 N–H and O–H groups in total. The summed E-state index contributed by atoms with van der Waals surface area (Å²) in [6.07, 6.45) is 3.26. The van der Waals surface area contributed by atoms with Gasteiger partial charge in [-0.25, -0.2) is 0 Å². The Labute approximate surface area is 155 Å². The van der Waals surface area contributed by atoms with E-state index >= 15 is 0 Å². The van der Waals surface area contributed by atoms with Gasteiger partial charge in [0.25, 0.3) is 5.91 Å². The Hall–Kier alpha value is -2.66. The van der Waals surface area contributed by atoms with Crippen molar-refractivity contribution >= 4 is 38.9 Å². The molecule has 1 heterocycles. The molecule has 5 heteroatoms. The van der Waals surface area contributed by atoms with Gasteiger partial charge >= 0.3 is 0 Å². The molecule has 3 rings (SSSR count). The second-order valence-electron chi connectivity index (χ2n) is 5.87. The molecule has 0 aliphatic heterocycles. The molecule has 0 aliphatic carbocycles. The molecular formula is C20H18BrN3O. The average Bonchev–Trinajstić information content (AvgIpc) is 2.60. The summed E-state index contributed by atoms with van der Waals surface area (Å²) < 4.78 is 0.965. The number of halogens is 1. The van der Waals surface area contributed by atoms with Crippen molar-refractivity contribution in [1.29, 1.82) is 0 Å². The molecule has 0 fully saturated rings. The Balaban J connectivity index is 1.76. The Morgan fingerprint density at radius 1 is 0.960 bits per heavy atom. The molecule has 3 aromatic rings. The molecule has 4 nitrogen and oxygen atoms in total. The summed E-state index contributed by atoms with van der Waals surface area (Å²) in [7, 11) is 0. The number of hydrogen-bond donors (Lipinski definition) is 2. The van der Waals surface area contributed by atoms with Crippen molar-refractivity contribution in [2.45, 2.75) is 13.8 Å². The SMILES string of the molecule is Cc1ccc(Nc2cncc(C(=O)Nc3ccc(Br)cc3)c2)c(C)c1. The largest absolute Gasteiger partial charge is 0.354 e. The van der Waals surface area contributed by atoms with Crippen molar-refractivity contribution in [1.82, 2.24) is 4.98 Å². The zero-order valence-corrected chi connectivity index (χ0v) is 15.6. The highest BCUT2D eigenvalue weighted by atomic mass is 79.9. The van der Waals surface area contributed by atoms with Gasteiger partial charge in [0.1, 0.15) is 0 Å². The number of anilines is 3. The first-order valence-corrected chi connectivity index (χ1v) is 8.67. The molecule has 25 heavy (non-hydrogen) atoms. The van der Waals surface area contributed by atoms with Crippen LogP contribution in [-0.2, 0) is 0 Å². The third-order valence-electron chi connectivity index (χ3n) is 3.76. The van der Waals surface area contributed by atoms with Gasteiger partial charge in [-0.1, -0.05) is 33.6 Å². The predicted molar refractivity (Wildman–Crippen MR) is 106 cm³/mol. The number of hydrogen-bond acceptors (Lipinski definition) is 3. The van der Waals surface area contributed by atoms with Gasteiger partial charge in [-0.15, -0.1) is 0 Å². The van der Waals surface area contributed by atoms with E-state index in [1.165, 1.54) is 5.56 Å². The minimum atomic E-state index is -0.195. The Kier molecular flexibility index (Phi) is 5.14. The topological polar surface area (TPSA) is 54.0 Å². The lowest BCUT2D eigenvalue weighted by molar-refractivity contribution is 0.102. The number of aromatic nitrogens is 1.